The minimum absolute atomic E-state index is 0.976. The van der Waals surface area contributed by atoms with Crippen molar-refractivity contribution >= 4 is 0 Å². The predicted octanol–water partition coefficient (Wildman–Crippen LogP) is 8.29. The Morgan fingerprint density at radius 1 is 0.318 bits per heavy atom. The van der Waals surface area contributed by atoms with Gasteiger partial charge in [0.1, 0.15) is 0 Å². The number of rotatable bonds is 0. The summed E-state index contributed by atoms with van der Waals surface area (Å²) >= 11 is 0. The van der Waals surface area contributed by atoms with Gasteiger partial charge in [-0.25, -0.2) is 0 Å². The quantitative estimate of drug-likeness (QED) is 0.422. The van der Waals surface area contributed by atoms with Crippen LogP contribution in [0.25, 0.3) is 0 Å². The van der Waals surface area contributed by atoms with Crippen LogP contribution >= 0.6 is 0 Å². The van der Waals surface area contributed by atoms with E-state index in [2.05, 4.69) is 13.8 Å². The van der Waals surface area contributed by atoms with Crippen molar-refractivity contribution in [2.24, 2.45) is 11.8 Å². The Morgan fingerprint density at radius 3 is 0.727 bits per heavy atom. The highest BCUT2D eigenvalue weighted by atomic mass is 14.1. The minimum atomic E-state index is 0.976. The molecule has 2 unspecified atom stereocenters. The smallest absolute Gasteiger partial charge is 0.0443 e. The Balaban J connectivity index is 2.15. The van der Waals surface area contributed by atoms with Gasteiger partial charge in [-0.2, -0.15) is 0 Å². The average Bonchev–Trinajstić information content (AvgIpc) is 2.50. The third-order valence-electron chi connectivity index (χ3n) is 5.79. The third kappa shape index (κ3) is 12.5. The minimum Gasteiger partial charge on any atom is -0.0625 e. The Bertz CT molecular complexity index is 196. The van der Waals surface area contributed by atoms with E-state index in [1.165, 1.54) is 116 Å². The average molecular weight is 309 g/mol. The zero-order chi connectivity index (χ0) is 15.9. The zero-order valence-electron chi connectivity index (χ0n) is 15.9. The number of hydrogen-bond donors (Lipinski definition) is 0. The van der Waals surface area contributed by atoms with E-state index in [-0.39, 0.29) is 0 Å². The van der Waals surface area contributed by atoms with E-state index in [0.29, 0.717) is 0 Å². The van der Waals surface area contributed by atoms with Crippen LogP contribution in [0.5, 0.6) is 0 Å². The van der Waals surface area contributed by atoms with Crippen LogP contribution in [0.15, 0.2) is 0 Å². The maximum Gasteiger partial charge on any atom is -0.0443 e. The fourth-order valence-electron chi connectivity index (χ4n) is 4.03. The molecule has 1 aliphatic carbocycles. The van der Waals surface area contributed by atoms with Crippen LogP contribution < -0.4 is 0 Å². The summed E-state index contributed by atoms with van der Waals surface area (Å²) in [5, 5.41) is 0. The highest BCUT2D eigenvalue weighted by Gasteiger charge is 2.04. The van der Waals surface area contributed by atoms with Gasteiger partial charge in [-0.15, -0.1) is 0 Å². The Labute approximate surface area is 141 Å². The highest BCUT2D eigenvalue weighted by molar-refractivity contribution is 4.58. The van der Waals surface area contributed by atoms with Crippen molar-refractivity contribution in [3.63, 3.8) is 0 Å². The molecule has 0 saturated heterocycles. The second kappa shape index (κ2) is 14.6. The molecule has 0 aromatic rings. The van der Waals surface area contributed by atoms with Crippen LogP contribution in [0.1, 0.15) is 129 Å². The normalized spacial score (nSPS) is 29.7. The van der Waals surface area contributed by atoms with Gasteiger partial charge < -0.3 is 0 Å². The van der Waals surface area contributed by atoms with Gasteiger partial charge in [0.25, 0.3) is 0 Å². The SMILES string of the molecule is CC1CCCCCCCCCCCCC(C)CCCCCC1. The lowest BCUT2D eigenvalue weighted by Gasteiger charge is -2.13. The molecule has 22 heavy (non-hydrogen) atoms. The van der Waals surface area contributed by atoms with Gasteiger partial charge >= 0.3 is 0 Å². The van der Waals surface area contributed by atoms with Crippen LogP contribution in [0, 0.1) is 11.8 Å². The molecule has 0 heteroatoms. The van der Waals surface area contributed by atoms with Crippen molar-refractivity contribution in [3.05, 3.63) is 0 Å². The first kappa shape index (κ1) is 20.0. The van der Waals surface area contributed by atoms with Crippen molar-refractivity contribution in [1.82, 2.24) is 0 Å². The molecule has 0 heterocycles. The molecule has 0 radical (unpaired) electrons. The standard InChI is InChI=1S/C22H44/c1-21-17-13-9-7-5-3-4-6-8-10-14-18-22(2)20-16-12-11-15-19-21/h21-22H,3-20H2,1-2H3. The topological polar surface area (TPSA) is 0 Å². The van der Waals surface area contributed by atoms with Crippen molar-refractivity contribution in [2.45, 2.75) is 129 Å². The van der Waals surface area contributed by atoms with E-state index in [1.54, 1.807) is 0 Å². The van der Waals surface area contributed by atoms with E-state index >= 15 is 0 Å². The first-order valence-electron chi connectivity index (χ1n) is 10.8. The summed E-state index contributed by atoms with van der Waals surface area (Å²) in [6.07, 6.45) is 26.8. The molecule has 0 amide bonds. The van der Waals surface area contributed by atoms with Crippen LogP contribution in [0.4, 0.5) is 0 Å². The van der Waals surface area contributed by atoms with Crippen molar-refractivity contribution in [3.8, 4) is 0 Å². The summed E-state index contributed by atoms with van der Waals surface area (Å²) in [4.78, 5) is 0. The maximum absolute atomic E-state index is 2.48. The van der Waals surface area contributed by atoms with Gasteiger partial charge in [0.2, 0.25) is 0 Å². The van der Waals surface area contributed by atoms with E-state index in [1.807, 2.05) is 0 Å². The zero-order valence-corrected chi connectivity index (χ0v) is 15.9. The molecule has 1 rings (SSSR count). The highest BCUT2D eigenvalue weighted by Crippen LogP contribution is 2.21. The van der Waals surface area contributed by atoms with Crippen LogP contribution in [-0.4, -0.2) is 0 Å². The number of hydrogen-bond acceptors (Lipinski definition) is 0. The lowest BCUT2D eigenvalue weighted by Crippen LogP contribution is -1.97. The van der Waals surface area contributed by atoms with Gasteiger partial charge in [-0.05, 0) is 11.8 Å². The Kier molecular flexibility index (Phi) is 13.3. The van der Waals surface area contributed by atoms with Crippen molar-refractivity contribution in [1.29, 1.82) is 0 Å². The summed E-state index contributed by atoms with van der Waals surface area (Å²) in [6.45, 7) is 4.96. The molecule has 0 aliphatic heterocycles. The van der Waals surface area contributed by atoms with Gasteiger partial charge in [-0.3, -0.25) is 0 Å². The molecular weight excluding hydrogens is 264 g/mol. The lowest BCUT2D eigenvalue weighted by atomic mass is 9.93. The first-order valence-corrected chi connectivity index (χ1v) is 10.8. The van der Waals surface area contributed by atoms with Crippen molar-refractivity contribution in [2.75, 3.05) is 0 Å². The molecule has 1 aliphatic rings. The van der Waals surface area contributed by atoms with E-state index in [4.69, 9.17) is 0 Å². The molecule has 0 aromatic carbocycles. The van der Waals surface area contributed by atoms with Gasteiger partial charge in [0.05, 0.1) is 0 Å². The van der Waals surface area contributed by atoms with Gasteiger partial charge in [0.15, 0.2) is 0 Å². The van der Waals surface area contributed by atoms with Gasteiger partial charge in [0, 0.05) is 0 Å². The fourth-order valence-corrected chi connectivity index (χ4v) is 4.03. The molecule has 0 spiro atoms. The lowest BCUT2D eigenvalue weighted by molar-refractivity contribution is 0.409. The molecule has 0 aromatic heterocycles. The third-order valence-corrected chi connectivity index (χ3v) is 5.79. The second-order valence-corrected chi connectivity index (χ2v) is 8.31. The predicted molar refractivity (Wildman–Crippen MR) is 101 cm³/mol. The molecule has 0 nitrogen and oxygen atoms in total. The van der Waals surface area contributed by atoms with Crippen LogP contribution in [0.3, 0.4) is 0 Å². The van der Waals surface area contributed by atoms with E-state index < -0.39 is 0 Å². The molecule has 1 saturated carbocycles. The largest absolute Gasteiger partial charge is 0.0625 e. The Morgan fingerprint density at radius 2 is 0.500 bits per heavy atom. The summed E-state index contributed by atoms with van der Waals surface area (Å²) in [6, 6.07) is 0. The second-order valence-electron chi connectivity index (χ2n) is 8.31. The van der Waals surface area contributed by atoms with E-state index in [9.17, 15) is 0 Å². The first-order chi connectivity index (χ1) is 10.8. The Hall–Kier alpha value is 0. The van der Waals surface area contributed by atoms with Gasteiger partial charge in [-0.1, -0.05) is 129 Å². The summed E-state index contributed by atoms with van der Waals surface area (Å²) in [5.41, 5.74) is 0. The molecule has 2 atom stereocenters. The molecule has 1 fully saturated rings. The van der Waals surface area contributed by atoms with Crippen molar-refractivity contribution < 1.29 is 0 Å². The van der Waals surface area contributed by atoms with E-state index in [0.717, 1.165) is 11.8 Å². The fraction of sp³-hybridized carbons (Fsp3) is 1.00. The molecular formula is C22H44. The monoisotopic (exact) mass is 308 g/mol. The maximum atomic E-state index is 2.48. The summed E-state index contributed by atoms with van der Waals surface area (Å²) < 4.78 is 0. The summed E-state index contributed by atoms with van der Waals surface area (Å²) in [5.74, 6) is 1.95. The van der Waals surface area contributed by atoms with Crippen LogP contribution in [0.2, 0.25) is 0 Å². The molecule has 132 valence electrons. The summed E-state index contributed by atoms with van der Waals surface area (Å²) in [7, 11) is 0. The van der Waals surface area contributed by atoms with Crippen LogP contribution in [-0.2, 0) is 0 Å². The molecule has 0 bridgehead atoms. The molecule has 0 N–H and O–H groups in total.